The number of nitrogens with zero attached hydrogens (tertiary/aromatic N) is 4. The van der Waals surface area contributed by atoms with Gasteiger partial charge in [0.25, 0.3) is 5.56 Å². The molecule has 37 heavy (non-hydrogen) atoms. The van der Waals surface area contributed by atoms with Gasteiger partial charge >= 0.3 is 0 Å². The first-order valence-corrected chi connectivity index (χ1v) is 11.8. The number of benzene rings is 2. The maximum atomic E-state index is 14.1. The molecular weight excluding hydrogens is 502 g/mol. The fourth-order valence-electron chi connectivity index (χ4n) is 3.78. The summed E-state index contributed by atoms with van der Waals surface area (Å²) in [5, 5.41) is 10.0. The molecule has 0 spiro atoms. The quantitative estimate of drug-likeness (QED) is 0.364. The molecule has 0 saturated carbocycles. The van der Waals surface area contributed by atoms with E-state index in [0.717, 1.165) is 11.6 Å². The predicted molar refractivity (Wildman–Crippen MR) is 136 cm³/mol. The zero-order valence-corrected chi connectivity index (χ0v) is 21.7. The molecule has 0 amide bonds. The number of aryl methyl sites for hydroxylation is 3. The topological polar surface area (TPSA) is 90.1 Å². The van der Waals surface area contributed by atoms with Crippen LogP contribution in [0.2, 0.25) is 5.02 Å². The van der Waals surface area contributed by atoms with Crippen LogP contribution in [-0.2, 0) is 12.2 Å². The van der Waals surface area contributed by atoms with Gasteiger partial charge in [-0.05, 0) is 63.9 Å². The molecule has 2 aromatic carbocycles. The molecule has 0 bridgehead atoms. The molecule has 0 aliphatic heterocycles. The van der Waals surface area contributed by atoms with Crippen LogP contribution < -0.4 is 10.3 Å². The summed E-state index contributed by atoms with van der Waals surface area (Å²) in [5.74, 6) is -1.03. The monoisotopic (exact) mass is 526 g/mol. The van der Waals surface area contributed by atoms with Crippen molar-refractivity contribution in [3.05, 3.63) is 97.9 Å². The maximum Gasteiger partial charge on any atom is 0.280 e. The first kappa shape index (κ1) is 26.4. The highest BCUT2D eigenvalue weighted by Gasteiger charge is 2.22. The van der Waals surface area contributed by atoms with Crippen molar-refractivity contribution >= 4 is 11.6 Å². The molecule has 0 atom stereocenters. The Morgan fingerprint density at radius 2 is 1.78 bits per heavy atom. The van der Waals surface area contributed by atoms with E-state index < -0.39 is 22.8 Å². The van der Waals surface area contributed by atoms with Crippen molar-refractivity contribution in [2.24, 2.45) is 0 Å². The van der Waals surface area contributed by atoms with E-state index >= 15 is 0 Å². The van der Waals surface area contributed by atoms with Crippen LogP contribution in [0.4, 0.5) is 8.78 Å². The van der Waals surface area contributed by atoms with Gasteiger partial charge in [0.2, 0.25) is 5.88 Å². The smallest absolute Gasteiger partial charge is 0.280 e. The highest BCUT2D eigenvalue weighted by Crippen LogP contribution is 2.27. The molecule has 192 valence electrons. The van der Waals surface area contributed by atoms with Crippen molar-refractivity contribution in [2.75, 3.05) is 0 Å². The lowest BCUT2D eigenvalue weighted by molar-refractivity contribution is 0.0688. The van der Waals surface area contributed by atoms with E-state index in [0.29, 0.717) is 16.9 Å². The van der Waals surface area contributed by atoms with Gasteiger partial charge < -0.3 is 9.84 Å². The Labute approximate surface area is 217 Å². The molecule has 0 fully saturated rings. The second-order valence-electron chi connectivity index (χ2n) is 9.23. The number of hydrogen-bond donors (Lipinski definition) is 1. The third-order valence-corrected chi connectivity index (χ3v) is 6.08. The SMILES string of the molecule is Cc1cc(COc2nc(C)n(-c3cccc(-c4nc(C(C)(C)O)ncc4C)c3)c(=O)c2Cl)c(F)cc1F. The molecule has 4 rings (SSSR count). The summed E-state index contributed by atoms with van der Waals surface area (Å²) < 4.78 is 34.5. The summed E-state index contributed by atoms with van der Waals surface area (Å²) >= 11 is 6.31. The summed E-state index contributed by atoms with van der Waals surface area (Å²) in [7, 11) is 0. The summed E-state index contributed by atoms with van der Waals surface area (Å²) in [5.41, 5.74) is 1.16. The third kappa shape index (κ3) is 5.38. The summed E-state index contributed by atoms with van der Waals surface area (Å²) in [6.45, 7) is 7.89. The Morgan fingerprint density at radius 1 is 1.05 bits per heavy atom. The van der Waals surface area contributed by atoms with Crippen molar-refractivity contribution < 1.29 is 18.6 Å². The highest BCUT2D eigenvalue weighted by atomic mass is 35.5. The van der Waals surface area contributed by atoms with E-state index in [9.17, 15) is 18.7 Å². The third-order valence-electron chi connectivity index (χ3n) is 5.75. The molecule has 0 aliphatic rings. The van der Waals surface area contributed by atoms with Crippen molar-refractivity contribution in [1.29, 1.82) is 0 Å². The van der Waals surface area contributed by atoms with E-state index in [4.69, 9.17) is 16.3 Å². The maximum absolute atomic E-state index is 14.1. The largest absolute Gasteiger partial charge is 0.471 e. The zero-order valence-electron chi connectivity index (χ0n) is 20.9. The van der Waals surface area contributed by atoms with Crippen LogP contribution in [0.5, 0.6) is 5.88 Å². The van der Waals surface area contributed by atoms with E-state index in [-0.39, 0.29) is 40.3 Å². The van der Waals surface area contributed by atoms with E-state index in [1.54, 1.807) is 45.2 Å². The van der Waals surface area contributed by atoms with Gasteiger partial charge in [0, 0.05) is 23.4 Å². The molecule has 7 nitrogen and oxygen atoms in total. The highest BCUT2D eigenvalue weighted by molar-refractivity contribution is 6.31. The molecular formula is C27H25ClF2N4O3. The van der Waals surface area contributed by atoms with E-state index in [2.05, 4.69) is 15.0 Å². The van der Waals surface area contributed by atoms with Crippen LogP contribution in [0.15, 0.2) is 47.4 Å². The van der Waals surface area contributed by atoms with Crippen molar-refractivity contribution in [1.82, 2.24) is 19.5 Å². The fourth-order valence-corrected chi connectivity index (χ4v) is 3.96. The van der Waals surface area contributed by atoms with Crippen LogP contribution in [0, 0.1) is 32.4 Å². The van der Waals surface area contributed by atoms with Crippen LogP contribution in [0.3, 0.4) is 0 Å². The van der Waals surface area contributed by atoms with Crippen LogP contribution >= 0.6 is 11.6 Å². The number of halogens is 3. The molecule has 4 aromatic rings. The van der Waals surface area contributed by atoms with Crippen LogP contribution in [0.25, 0.3) is 16.9 Å². The molecule has 0 aliphatic carbocycles. The van der Waals surface area contributed by atoms with Crippen molar-refractivity contribution in [3.8, 4) is 22.8 Å². The second-order valence-corrected chi connectivity index (χ2v) is 9.61. The van der Waals surface area contributed by atoms with Gasteiger partial charge in [0.1, 0.15) is 29.7 Å². The first-order chi connectivity index (χ1) is 17.4. The first-order valence-electron chi connectivity index (χ1n) is 11.4. The van der Waals surface area contributed by atoms with Crippen molar-refractivity contribution in [3.63, 3.8) is 0 Å². The van der Waals surface area contributed by atoms with Gasteiger partial charge in [0.05, 0.1) is 11.4 Å². The summed E-state index contributed by atoms with van der Waals surface area (Å²) in [6.07, 6.45) is 1.63. The second kappa shape index (κ2) is 9.99. The van der Waals surface area contributed by atoms with Gasteiger partial charge in [-0.3, -0.25) is 9.36 Å². The van der Waals surface area contributed by atoms with Gasteiger partial charge in [-0.25, -0.2) is 18.7 Å². The normalized spacial score (nSPS) is 11.6. The van der Waals surface area contributed by atoms with Crippen LogP contribution in [-0.4, -0.2) is 24.6 Å². The number of aromatic nitrogens is 4. The molecule has 2 aromatic heterocycles. The average Bonchev–Trinajstić information content (AvgIpc) is 2.83. The van der Waals surface area contributed by atoms with Gasteiger partial charge in [-0.15, -0.1) is 0 Å². The van der Waals surface area contributed by atoms with Crippen LogP contribution in [0.1, 0.15) is 42.2 Å². The Morgan fingerprint density at radius 3 is 2.49 bits per heavy atom. The number of aliphatic hydroxyl groups is 1. The standard InChI is InChI=1S/C27H25ClF2N4O3/c1-14-9-18(21(30)11-20(14)29)13-37-24-22(28)25(35)34(16(3)32-24)19-8-6-7-17(10-19)23-15(2)12-31-26(33-23)27(4,5)36/h6-12,36H,13H2,1-5H3. The Balaban J connectivity index is 1.70. The van der Waals surface area contributed by atoms with Crippen molar-refractivity contribution in [2.45, 2.75) is 46.8 Å². The van der Waals surface area contributed by atoms with Gasteiger partial charge in [0.15, 0.2) is 10.8 Å². The summed E-state index contributed by atoms with van der Waals surface area (Å²) in [6, 6.07) is 9.19. The Hall–Kier alpha value is -3.69. The van der Waals surface area contributed by atoms with Gasteiger partial charge in [-0.1, -0.05) is 23.7 Å². The number of hydrogen-bond acceptors (Lipinski definition) is 6. The average molecular weight is 527 g/mol. The molecule has 0 unspecified atom stereocenters. The Bertz CT molecular complexity index is 1570. The molecule has 0 saturated heterocycles. The Kier molecular flexibility index (Phi) is 7.12. The minimum atomic E-state index is -1.23. The minimum Gasteiger partial charge on any atom is -0.471 e. The summed E-state index contributed by atoms with van der Waals surface area (Å²) in [4.78, 5) is 26.3. The fraction of sp³-hybridized carbons (Fsp3) is 0.259. The lowest BCUT2D eigenvalue weighted by Gasteiger charge is -2.18. The predicted octanol–water partition coefficient (Wildman–Crippen LogP) is 5.35. The van der Waals surface area contributed by atoms with Gasteiger partial charge in [-0.2, -0.15) is 4.98 Å². The molecule has 10 heteroatoms. The lowest BCUT2D eigenvalue weighted by atomic mass is 10.0. The number of ether oxygens (including phenoxy) is 1. The lowest BCUT2D eigenvalue weighted by Crippen LogP contribution is -2.23. The number of rotatable bonds is 6. The van der Waals surface area contributed by atoms with E-state index in [1.807, 2.05) is 13.0 Å². The molecule has 1 N–H and O–H groups in total. The minimum absolute atomic E-state index is 0.108. The molecule has 0 radical (unpaired) electrons. The van der Waals surface area contributed by atoms with E-state index in [1.165, 1.54) is 17.6 Å². The zero-order chi connectivity index (χ0) is 27.1. The molecule has 2 heterocycles.